The Hall–Kier alpha value is -2.02. The highest BCUT2D eigenvalue weighted by atomic mass is 32.1. The van der Waals surface area contributed by atoms with E-state index in [1.54, 1.807) is 18.3 Å². The van der Waals surface area contributed by atoms with Crippen LogP contribution in [-0.2, 0) is 0 Å². The Morgan fingerprint density at radius 3 is 3.00 bits per heavy atom. The SMILES string of the molecule is Cc1nc(C)c(C(=O)N2CCCC(Oc3cccnn3)C2)s1. The fourth-order valence-electron chi connectivity index (χ4n) is 2.61. The van der Waals surface area contributed by atoms with Crippen molar-refractivity contribution in [3.8, 4) is 5.88 Å². The van der Waals surface area contributed by atoms with Gasteiger partial charge in [0.15, 0.2) is 0 Å². The van der Waals surface area contributed by atoms with Gasteiger partial charge in [-0.1, -0.05) is 0 Å². The van der Waals surface area contributed by atoms with Gasteiger partial charge in [0.1, 0.15) is 11.0 Å². The minimum atomic E-state index is -0.0382. The number of amides is 1. The number of nitrogens with zero attached hydrogens (tertiary/aromatic N) is 4. The third-order valence-electron chi connectivity index (χ3n) is 3.60. The fourth-order valence-corrected chi connectivity index (χ4v) is 3.50. The highest BCUT2D eigenvalue weighted by Crippen LogP contribution is 2.22. The summed E-state index contributed by atoms with van der Waals surface area (Å²) in [6.45, 7) is 5.14. The van der Waals surface area contributed by atoms with Crippen LogP contribution in [-0.4, -0.2) is 45.2 Å². The third kappa shape index (κ3) is 3.24. The lowest BCUT2D eigenvalue weighted by atomic mass is 10.1. The number of thiazole rings is 1. The van der Waals surface area contributed by atoms with Crippen molar-refractivity contribution >= 4 is 17.2 Å². The second-order valence-electron chi connectivity index (χ2n) is 5.34. The number of carbonyl (C=O) groups is 1. The van der Waals surface area contributed by atoms with Crippen molar-refractivity contribution in [2.75, 3.05) is 13.1 Å². The first kappa shape index (κ1) is 14.9. The Bertz CT molecular complexity index is 659. The molecule has 1 unspecified atom stereocenters. The van der Waals surface area contributed by atoms with Crippen molar-refractivity contribution in [3.63, 3.8) is 0 Å². The summed E-state index contributed by atoms with van der Waals surface area (Å²) in [4.78, 5) is 19.6. The van der Waals surface area contributed by atoms with E-state index in [-0.39, 0.29) is 12.0 Å². The standard InChI is InChI=1S/C15H18N4O2S/c1-10-14(22-11(2)17-10)15(20)19-8-4-5-12(9-19)21-13-6-3-7-16-18-13/h3,6-7,12H,4-5,8-9H2,1-2H3. The van der Waals surface area contributed by atoms with Gasteiger partial charge in [0.25, 0.3) is 5.91 Å². The molecule has 6 nitrogen and oxygen atoms in total. The van der Waals surface area contributed by atoms with E-state index in [0.717, 1.165) is 35.0 Å². The largest absolute Gasteiger partial charge is 0.471 e. The van der Waals surface area contributed by atoms with E-state index in [0.29, 0.717) is 12.4 Å². The van der Waals surface area contributed by atoms with Crippen LogP contribution < -0.4 is 4.74 Å². The molecule has 1 fully saturated rings. The molecule has 7 heteroatoms. The molecule has 1 atom stereocenters. The zero-order valence-electron chi connectivity index (χ0n) is 12.7. The molecule has 0 aromatic carbocycles. The van der Waals surface area contributed by atoms with E-state index in [4.69, 9.17) is 4.74 Å². The number of rotatable bonds is 3. The van der Waals surface area contributed by atoms with Crippen molar-refractivity contribution in [2.45, 2.75) is 32.8 Å². The molecule has 0 N–H and O–H groups in total. The maximum Gasteiger partial charge on any atom is 0.265 e. The highest BCUT2D eigenvalue weighted by Gasteiger charge is 2.28. The summed E-state index contributed by atoms with van der Waals surface area (Å²) in [6.07, 6.45) is 3.41. The number of aromatic nitrogens is 3. The van der Waals surface area contributed by atoms with E-state index in [1.165, 1.54) is 11.3 Å². The van der Waals surface area contributed by atoms with Crippen LogP contribution in [0.1, 0.15) is 33.2 Å². The van der Waals surface area contributed by atoms with Crippen molar-refractivity contribution in [2.24, 2.45) is 0 Å². The maximum atomic E-state index is 12.6. The molecule has 2 aromatic heterocycles. The van der Waals surface area contributed by atoms with Crippen molar-refractivity contribution < 1.29 is 9.53 Å². The van der Waals surface area contributed by atoms with Crippen molar-refractivity contribution in [1.82, 2.24) is 20.1 Å². The average molecular weight is 318 g/mol. The van der Waals surface area contributed by atoms with Gasteiger partial charge in [-0.15, -0.1) is 16.4 Å². The molecule has 1 aliphatic heterocycles. The van der Waals surface area contributed by atoms with Crippen LogP contribution in [0.25, 0.3) is 0 Å². The minimum absolute atomic E-state index is 0.0382. The molecule has 0 radical (unpaired) electrons. The molecule has 1 amide bonds. The van der Waals surface area contributed by atoms with Crippen LogP contribution in [0.5, 0.6) is 5.88 Å². The molecule has 2 aromatic rings. The Labute approximate surface area is 133 Å². The van der Waals surface area contributed by atoms with E-state index in [2.05, 4.69) is 15.2 Å². The molecule has 22 heavy (non-hydrogen) atoms. The first-order valence-corrected chi connectivity index (χ1v) is 8.13. The Morgan fingerprint density at radius 2 is 2.32 bits per heavy atom. The summed E-state index contributed by atoms with van der Waals surface area (Å²) in [6, 6.07) is 3.57. The monoisotopic (exact) mass is 318 g/mol. The number of piperidine rings is 1. The summed E-state index contributed by atoms with van der Waals surface area (Å²) in [7, 11) is 0. The second kappa shape index (κ2) is 6.39. The predicted molar refractivity (Wildman–Crippen MR) is 83.2 cm³/mol. The van der Waals surface area contributed by atoms with Crippen LogP contribution >= 0.6 is 11.3 Å². The molecular formula is C15H18N4O2S. The summed E-state index contributed by atoms with van der Waals surface area (Å²) < 4.78 is 5.83. The number of ether oxygens (including phenoxy) is 1. The van der Waals surface area contributed by atoms with Crippen LogP contribution in [0.15, 0.2) is 18.3 Å². The van der Waals surface area contributed by atoms with Crippen LogP contribution in [0.3, 0.4) is 0 Å². The van der Waals surface area contributed by atoms with Gasteiger partial charge in [0, 0.05) is 18.8 Å². The molecule has 0 aliphatic carbocycles. The van der Waals surface area contributed by atoms with Gasteiger partial charge in [-0.3, -0.25) is 4.79 Å². The smallest absolute Gasteiger partial charge is 0.265 e. The zero-order chi connectivity index (χ0) is 15.5. The molecule has 3 rings (SSSR count). The molecule has 1 saturated heterocycles. The first-order valence-electron chi connectivity index (χ1n) is 7.31. The molecule has 116 valence electrons. The van der Waals surface area contributed by atoms with Crippen LogP contribution in [0.4, 0.5) is 0 Å². The van der Waals surface area contributed by atoms with Crippen molar-refractivity contribution in [3.05, 3.63) is 33.9 Å². The fraction of sp³-hybridized carbons (Fsp3) is 0.467. The van der Waals surface area contributed by atoms with Gasteiger partial charge in [-0.25, -0.2) is 4.98 Å². The lowest BCUT2D eigenvalue weighted by Gasteiger charge is -2.32. The van der Waals surface area contributed by atoms with Crippen molar-refractivity contribution in [1.29, 1.82) is 0 Å². The van der Waals surface area contributed by atoms with E-state index in [1.807, 2.05) is 18.7 Å². The van der Waals surface area contributed by atoms with Gasteiger partial charge >= 0.3 is 0 Å². The molecule has 0 spiro atoms. The van der Waals surface area contributed by atoms with Gasteiger partial charge in [-0.05, 0) is 32.8 Å². The second-order valence-corrected chi connectivity index (χ2v) is 6.55. The first-order chi connectivity index (χ1) is 10.6. The van der Waals surface area contributed by atoms with Gasteiger partial charge in [0.05, 0.1) is 17.2 Å². The molecular weight excluding hydrogens is 300 g/mol. The topological polar surface area (TPSA) is 68.2 Å². The lowest BCUT2D eigenvalue weighted by molar-refractivity contribution is 0.0529. The Morgan fingerprint density at radius 1 is 1.45 bits per heavy atom. The van der Waals surface area contributed by atoms with E-state index in [9.17, 15) is 4.79 Å². The number of aryl methyl sites for hydroxylation is 2. The quantitative estimate of drug-likeness (QED) is 0.868. The summed E-state index contributed by atoms with van der Waals surface area (Å²) in [5.74, 6) is 0.558. The number of hydrogen-bond acceptors (Lipinski definition) is 6. The number of carbonyl (C=O) groups excluding carboxylic acids is 1. The van der Waals surface area contributed by atoms with Gasteiger partial charge in [-0.2, -0.15) is 5.10 Å². The van der Waals surface area contributed by atoms with E-state index >= 15 is 0 Å². The third-order valence-corrected chi connectivity index (χ3v) is 4.66. The van der Waals surface area contributed by atoms with E-state index < -0.39 is 0 Å². The van der Waals surface area contributed by atoms with Crippen LogP contribution in [0, 0.1) is 13.8 Å². The number of hydrogen-bond donors (Lipinski definition) is 0. The summed E-state index contributed by atoms with van der Waals surface area (Å²) >= 11 is 1.46. The lowest BCUT2D eigenvalue weighted by Crippen LogP contribution is -2.44. The number of likely N-dealkylation sites (tertiary alicyclic amines) is 1. The molecule has 0 bridgehead atoms. The Kier molecular flexibility index (Phi) is 4.33. The molecule has 3 heterocycles. The molecule has 1 aliphatic rings. The minimum Gasteiger partial charge on any atom is -0.471 e. The van der Waals surface area contributed by atoms with Gasteiger partial charge < -0.3 is 9.64 Å². The predicted octanol–water partition coefficient (Wildman–Crippen LogP) is 2.23. The summed E-state index contributed by atoms with van der Waals surface area (Å²) in [5, 5.41) is 8.66. The summed E-state index contributed by atoms with van der Waals surface area (Å²) in [5.41, 5.74) is 0.810. The van der Waals surface area contributed by atoms with Crippen LogP contribution in [0.2, 0.25) is 0 Å². The van der Waals surface area contributed by atoms with Gasteiger partial charge in [0.2, 0.25) is 5.88 Å². The zero-order valence-corrected chi connectivity index (χ0v) is 13.5. The Balaban J connectivity index is 1.68. The average Bonchev–Trinajstić information content (AvgIpc) is 2.86. The molecule has 0 saturated carbocycles. The maximum absolute atomic E-state index is 12.6. The normalized spacial score (nSPS) is 18.3. The highest BCUT2D eigenvalue weighted by molar-refractivity contribution is 7.13.